The van der Waals surface area contributed by atoms with Crippen molar-refractivity contribution in [1.29, 1.82) is 0 Å². The van der Waals surface area contributed by atoms with Crippen LogP contribution in [-0.4, -0.2) is 45.7 Å². The average Bonchev–Trinajstić information content (AvgIpc) is 2.45. The number of nitrogens with two attached hydrogens (primary N) is 1. The number of hydrogen-bond acceptors (Lipinski definition) is 8. The van der Waals surface area contributed by atoms with Crippen LogP contribution >= 0.6 is 11.8 Å². The van der Waals surface area contributed by atoms with Gasteiger partial charge >= 0.3 is 6.01 Å². The van der Waals surface area contributed by atoms with Crippen LogP contribution in [0.5, 0.6) is 6.01 Å². The fraction of sp³-hybridized carbons (Fsp3) is 0.727. The van der Waals surface area contributed by atoms with Gasteiger partial charge in [0.15, 0.2) is 0 Å². The van der Waals surface area contributed by atoms with Crippen LogP contribution in [0.25, 0.3) is 0 Å². The van der Waals surface area contributed by atoms with Crippen LogP contribution in [-0.2, 0) is 0 Å². The predicted molar refractivity (Wildman–Crippen MR) is 77.6 cm³/mol. The zero-order chi connectivity index (χ0) is 13.7. The Morgan fingerprint density at radius 1 is 1.47 bits per heavy atom. The molecule has 3 N–H and O–H groups in total. The Labute approximate surface area is 117 Å². The molecule has 0 bridgehead atoms. The molecule has 1 aliphatic rings. The van der Waals surface area contributed by atoms with Gasteiger partial charge in [0.1, 0.15) is 0 Å². The van der Waals surface area contributed by atoms with E-state index in [9.17, 15) is 0 Å². The Balaban J connectivity index is 2.22. The number of hydrazine groups is 1. The summed E-state index contributed by atoms with van der Waals surface area (Å²) in [6.45, 7) is 5.71. The van der Waals surface area contributed by atoms with Crippen LogP contribution in [0.4, 0.5) is 11.9 Å². The summed E-state index contributed by atoms with van der Waals surface area (Å²) in [7, 11) is 0. The summed E-state index contributed by atoms with van der Waals surface area (Å²) in [5, 5.41) is 0. The minimum absolute atomic E-state index is 0.324. The average molecular weight is 284 g/mol. The molecule has 0 radical (unpaired) electrons. The maximum Gasteiger partial charge on any atom is 0.323 e. The Bertz CT molecular complexity index is 418. The summed E-state index contributed by atoms with van der Waals surface area (Å²) in [6, 6.07) is 0.719. The minimum Gasteiger partial charge on any atom is -0.463 e. The summed E-state index contributed by atoms with van der Waals surface area (Å²) in [6.07, 6.45) is 0.906. The van der Waals surface area contributed by atoms with Crippen molar-refractivity contribution in [3.8, 4) is 6.01 Å². The molecule has 1 aromatic rings. The summed E-state index contributed by atoms with van der Waals surface area (Å²) < 4.78 is 5.47. The molecule has 0 amide bonds. The zero-order valence-corrected chi connectivity index (χ0v) is 12.1. The highest BCUT2D eigenvalue weighted by atomic mass is 32.2. The topological polar surface area (TPSA) is 89.2 Å². The van der Waals surface area contributed by atoms with E-state index in [1.807, 2.05) is 18.7 Å². The van der Waals surface area contributed by atoms with E-state index in [2.05, 4.69) is 32.2 Å². The van der Waals surface area contributed by atoms with Crippen LogP contribution in [0.3, 0.4) is 0 Å². The summed E-state index contributed by atoms with van der Waals surface area (Å²) in [5.74, 6) is 8.51. The molecule has 2 heterocycles. The molecule has 0 aromatic carbocycles. The molecular formula is C11H20N6OS. The van der Waals surface area contributed by atoms with Crippen molar-refractivity contribution >= 4 is 23.7 Å². The highest BCUT2D eigenvalue weighted by Gasteiger charge is 2.22. The van der Waals surface area contributed by atoms with E-state index in [1.165, 1.54) is 0 Å². The van der Waals surface area contributed by atoms with E-state index in [1.54, 1.807) is 0 Å². The molecule has 19 heavy (non-hydrogen) atoms. The molecule has 0 aliphatic carbocycles. The lowest BCUT2D eigenvalue weighted by Crippen LogP contribution is -2.41. The molecule has 7 nitrogen and oxygen atoms in total. The zero-order valence-electron chi connectivity index (χ0n) is 11.3. The lowest BCUT2D eigenvalue weighted by Gasteiger charge is -2.33. The molecule has 106 valence electrons. The highest BCUT2D eigenvalue weighted by Crippen LogP contribution is 2.22. The number of nitrogens with zero attached hydrogens (tertiary/aromatic N) is 4. The van der Waals surface area contributed by atoms with Gasteiger partial charge in [0, 0.05) is 24.1 Å². The second-order valence-electron chi connectivity index (χ2n) is 4.35. The van der Waals surface area contributed by atoms with Gasteiger partial charge in [0.2, 0.25) is 11.9 Å². The first-order valence-electron chi connectivity index (χ1n) is 6.44. The third-order valence-corrected chi connectivity index (χ3v) is 3.98. The summed E-state index contributed by atoms with van der Waals surface area (Å²) >= 11 is 1.95. The van der Waals surface area contributed by atoms with E-state index in [4.69, 9.17) is 10.6 Å². The van der Waals surface area contributed by atoms with Gasteiger partial charge in [-0.3, -0.25) is 5.43 Å². The standard InChI is InChI=1S/C11H20N6OS/c1-3-5-18-11-14-9(16-12)13-10(15-11)17-4-6-19-7-8(17)2/h8H,3-7,12H2,1-2H3,(H,13,14,15,16). The number of hydrogen-bond donors (Lipinski definition) is 2. The summed E-state index contributed by atoms with van der Waals surface area (Å²) in [5.41, 5.74) is 2.46. The number of nitrogen functional groups attached to an aromatic ring is 1. The van der Waals surface area contributed by atoms with Crippen molar-refractivity contribution in [2.75, 3.05) is 35.0 Å². The van der Waals surface area contributed by atoms with E-state index in [-0.39, 0.29) is 0 Å². The van der Waals surface area contributed by atoms with Crippen molar-refractivity contribution in [2.45, 2.75) is 26.3 Å². The van der Waals surface area contributed by atoms with Gasteiger partial charge in [0.25, 0.3) is 0 Å². The van der Waals surface area contributed by atoms with Gasteiger partial charge < -0.3 is 9.64 Å². The first kappa shape index (κ1) is 14.1. The minimum atomic E-state index is 0.324. The van der Waals surface area contributed by atoms with Crippen LogP contribution in [0.15, 0.2) is 0 Å². The van der Waals surface area contributed by atoms with E-state index < -0.39 is 0 Å². The molecule has 0 spiro atoms. The molecule has 1 saturated heterocycles. The van der Waals surface area contributed by atoms with Crippen LogP contribution < -0.4 is 20.9 Å². The molecule has 2 rings (SSSR count). The summed E-state index contributed by atoms with van der Waals surface area (Å²) in [4.78, 5) is 14.9. The smallest absolute Gasteiger partial charge is 0.323 e. The third kappa shape index (κ3) is 3.60. The molecule has 1 aromatic heterocycles. The van der Waals surface area contributed by atoms with Crippen molar-refractivity contribution in [2.24, 2.45) is 5.84 Å². The van der Waals surface area contributed by atoms with Gasteiger partial charge in [-0.15, -0.1) is 0 Å². The van der Waals surface area contributed by atoms with Crippen LogP contribution in [0, 0.1) is 0 Å². The number of aromatic nitrogens is 3. The number of nitrogens with one attached hydrogen (secondary N) is 1. The maximum atomic E-state index is 5.47. The van der Waals surface area contributed by atoms with Crippen molar-refractivity contribution in [1.82, 2.24) is 15.0 Å². The van der Waals surface area contributed by atoms with E-state index in [0.29, 0.717) is 30.6 Å². The normalized spacial score (nSPS) is 19.3. The second-order valence-corrected chi connectivity index (χ2v) is 5.50. The Kier molecular flexibility index (Phi) is 5.03. The predicted octanol–water partition coefficient (Wildman–Crippen LogP) is 0.888. The molecule has 0 saturated carbocycles. The largest absolute Gasteiger partial charge is 0.463 e. The third-order valence-electron chi connectivity index (χ3n) is 2.79. The van der Waals surface area contributed by atoms with Crippen LogP contribution in [0.2, 0.25) is 0 Å². The molecule has 8 heteroatoms. The van der Waals surface area contributed by atoms with Crippen molar-refractivity contribution < 1.29 is 4.74 Å². The molecule has 1 aliphatic heterocycles. The SMILES string of the molecule is CCCOc1nc(NN)nc(N2CCSCC2C)n1. The second kappa shape index (κ2) is 6.76. The van der Waals surface area contributed by atoms with Crippen molar-refractivity contribution in [3.63, 3.8) is 0 Å². The number of ether oxygens (including phenoxy) is 1. The molecule has 1 atom stereocenters. The van der Waals surface area contributed by atoms with Gasteiger partial charge in [-0.25, -0.2) is 5.84 Å². The fourth-order valence-electron chi connectivity index (χ4n) is 1.82. The first-order chi connectivity index (χ1) is 9.24. The Morgan fingerprint density at radius 3 is 3.00 bits per heavy atom. The number of anilines is 2. The fourth-order valence-corrected chi connectivity index (χ4v) is 2.83. The molecule has 1 unspecified atom stereocenters. The van der Waals surface area contributed by atoms with Gasteiger partial charge in [-0.2, -0.15) is 26.7 Å². The first-order valence-corrected chi connectivity index (χ1v) is 7.60. The molecular weight excluding hydrogens is 264 g/mol. The molecule has 1 fully saturated rings. The Morgan fingerprint density at radius 2 is 2.32 bits per heavy atom. The van der Waals surface area contributed by atoms with Crippen molar-refractivity contribution in [3.05, 3.63) is 0 Å². The van der Waals surface area contributed by atoms with Gasteiger partial charge in [0.05, 0.1) is 6.61 Å². The highest BCUT2D eigenvalue weighted by molar-refractivity contribution is 7.99. The van der Waals surface area contributed by atoms with Crippen LogP contribution in [0.1, 0.15) is 20.3 Å². The van der Waals surface area contributed by atoms with E-state index in [0.717, 1.165) is 24.5 Å². The Hall–Kier alpha value is -1.28. The van der Waals surface area contributed by atoms with E-state index >= 15 is 0 Å². The number of thioether (sulfide) groups is 1. The lowest BCUT2D eigenvalue weighted by atomic mass is 10.3. The maximum absolute atomic E-state index is 5.47. The van der Waals surface area contributed by atoms with Gasteiger partial charge in [-0.05, 0) is 13.3 Å². The monoisotopic (exact) mass is 284 g/mol. The van der Waals surface area contributed by atoms with Gasteiger partial charge in [-0.1, -0.05) is 6.92 Å². The number of rotatable bonds is 5. The lowest BCUT2D eigenvalue weighted by molar-refractivity contribution is 0.291. The quantitative estimate of drug-likeness (QED) is 0.608.